The third-order valence-electron chi connectivity index (χ3n) is 10.1. The van der Waals surface area contributed by atoms with E-state index in [4.69, 9.17) is 16.4 Å². The number of nitrogens with zero attached hydrogens (tertiary/aromatic N) is 4. The van der Waals surface area contributed by atoms with Crippen molar-refractivity contribution in [3.8, 4) is 0 Å². The molecule has 12 nitrogen and oxygen atoms in total. The Balaban J connectivity index is 1.25. The molecule has 3 saturated heterocycles. The van der Waals surface area contributed by atoms with Crippen LogP contribution >= 0.6 is 18.9 Å². The van der Waals surface area contributed by atoms with Crippen molar-refractivity contribution in [2.75, 3.05) is 26.2 Å². The lowest BCUT2D eigenvalue weighted by molar-refractivity contribution is -0.148. The maximum absolute atomic E-state index is 14.4. The SMILES string of the molecule is [C-]#[N+][C@]1(C)CN(C(=O)[C@@H]2CC[C@@H]3CCN(C(C)=O)C[C@H](NC(=O)c4cc5cc(C(F)(F)P(=O)(O)O)ccc5s4)C(=O)N32)C[C@H]1c1ccccc1. The molecule has 0 saturated carbocycles. The molecule has 5 atom stereocenters. The number of amides is 4. The Morgan fingerprint density at radius 1 is 1.06 bits per heavy atom. The van der Waals surface area contributed by atoms with Crippen LogP contribution in [0.2, 0.25) is 0 Å². The van der Waals surface area contributed by atoms with Gasteiger partial charge in [-0.2, -0.15) is 8.78 Å². The summed E-state index contributed by atoms with van der Waals surface area (Å²) < 4.78 is 40.5. The lowest BCUT2D eigenvalue weighted by atomic mass is 9.84. The zero-order valence-electron chi connectivity index (χ0n) is 27.3. The van der Waals surface area contributed by atoms with Crippen molar-refractivity contribution in [2.45, 2.75) is 68.4 Å². The second-order valence-corrected chi connectivity index (χ2v) is 16.1. The smallest absolute Gasteiger partial charge is 0.340 e. The molecule has 50 heavy (non-hydrogen) atoms. The van der Waals surface area contributed by atoms with E-state index in [2.05, 4.69) is 10.2 Å². The van der Waals surface area contributed by atoms with Gasteiger partial charge in [0.05, 0.1) is 17.3 Å². The van der Waals surface area contributed by atoms with Gasteiger partial charge in [-0.25, -0.2) is 6.57 Å². The Morgan fingerprint density at radius 2 is 1.78 bits per heavy atom. The lowest BCUT2D eigenvalue weighted by Gasteiger charge is -2.39. The molecule has 3 fully saturated rings. The molecule has 0 bridgehead atoms. The van der Waals surface area contributed by atoms with Crippen molar-refractivity contribution in [2.24, 2.45) is 0 Å². The van der Waals surface area contributed by atoms with Crippen molar-refractivity contribution < 1.29 is 42.3 Å². The first kappa shape index (κ1) is 35.6. The second kappa shape index (κ2) is 13.2. The molecule has 6 rings (SSSR count). The molecule has 3 aromatic rings. The normalized spacial score (nSPS) is 25.9. The molecule has 0 spiro atoms. The monoisotopic (exact) mass is 727 g/mol. The molecule has 0 aliphatic carbocycles. The van der Waals surface area contributed by atoms with E-state index < -0.39 is 48.3 Å². The van der Waals surface area contributed by atoms with Crippen LogP contribution in [0.3, 0.4) is 0 Å². The quantitative estimate of drug-likeness (QED) is 0.255. The van der Waals surface area contributed by atoms with Crippen LogP contribution in [0.15, 0.2) is 54.6 Å². The number of carbonyl (C=O) groups is 4. The third-order valence-corrected chi connectivity index (χ3v) is 12.2. The highest BCUT2D eigenvalue weighted by Gasteiger charge is 2.54. The van der Waals surface area contributed by atoms with Gasteiger partial charge in [-0.1, -0.05) is 36.4 Å². The first-order chi connectivity index (χ1) is 23.5. The van der Waals surface area contributed by atoms with Gasteiger partial charge in [-0.05, 0) is 48.4 Å². The van der Waals surface area contributed by atoms with Gasteiger partial charge >= 0.3 is 13.3 Å². The largest absolute Gasteiger partial charge is 0.399 e. The van der Waals surface area contributed by atoms with E-state index in [9.17, 15) is 32.5 Å². The number of alkyl halides is 2. The number of fused-ring (bicyclic) bond motifs is 2. The number of hydrogen-bond acceptors (Lipinski definition) is 6. The fourth-order valence-corrected chi connectivity index (χ4v) is 8.79. The predicted octanol–water partition coefficient (Wildman–Crippen LogP) is 4.14. The maximum Gasteiger partial charge on any atom is 0.399 e. The van der Waals surface area contributed by atoms with Gasteiger partial charge in [0.15, 0.2) is 0 Å². The first-order valence-electron chi connectivity index (χ1n) is 16.1. The molecule has 4 amide bonds. The Morgan fingerprint density at radius 3 is 2.44 bits per heavy atom. The third kappa shape index (κ3) is 6.41. The van der Waals surface area contributed by atoms with Crippen molar-refractivity contribution >= 4 is 52.6 Å². The van der Waals surface area contributed by atoms with E-state index >= 15 is 0 Å². The van der Waals surface area contributed by atoms with E-state index in [0.717, 1.165) is 29.0 Å². The number of benzene rings is 2. The molecule has 0 radical (unpaired) electrons. The van der Waals surface area contributed by atoms with Gasteiger partial charge in [-0.3, -0.25) is 23.7 Å². The fourth-order valence-electron chi connectivity index (χ4n) is 7.37. The highest BCUT2D eigenvalue weighted by molar-refractivity contribution is 7.52. The minimum atomic E-state index is -5.81. The molecule has 3 aliphatic heterocycles. The molecular weight excluding hydrogens is 691 g/mol. The molecule has 16 heteroatoms. The predicted molar refractivity (Wildman–Crippen MR) is 180 cm³/mol. The van der Waals surface area contributed by atoms with Crippen molar-refractivity contribution in [1.29, 1.82) is 0 Å². The molecule has 3 N–H and O–H groups in total. The minimum absolute atomic E-state index is 0.0499. The molecule has 1 aromatic heterocycles. The van der Waals surface area contributed by atoms with E-state index in [1.165, 1.54) is 28.9 Å². The zero-order valence-corrected chi connectivity index (χ0v) is 29.0. The van der Waals surface area contributed by atoms with Crippen LogP contribution in [0.25, 0.3) is 14.9 Å². The number of hydrogen-bond donors (Lipinski definition) is 3. The van der Waals surface area contributed by atoms with Gasteiger partial charge in [0, 0.05) is 49.8 Å². The van der Waals surface area contributed by atoms with E-state index in [1.54, 1.807) is 4.90 Å². The number of nitrogens with one attached hydrogen (secondary N) is 1. The van der Waals surface area contributed by atoms with Crippen LogP contribution in [0.4, 0.5) is 8.78 Å². The summed E-state index contributed by atoms with van der Waals surface area (Å²) in [5.41, 5.74) is -5.24. The topological polar surface area (TPSA) is 152 Å². The molecule has 4 heterocycles. The highest BCUT2D eigenvalue weighted by Crippen LogP contribution is 2.59. The summed E-state index contributed by atoms with van der Waals surface area (Å²) in [5, 5.41) is 2.86. The van der Waals surface area contributed by atoms with Gasteiger partial charge in [0.1, 0.15) is 12.1 Å². The second-order valence-electron chi connectivity index (χ2n) is 13.4. The summed E-state index contributed by atoms with van der Waals surface area (Å²) in [7, 11) is -5.81. The van der Waals surface area contributed by atoms with Crippen molar-refractivity contribution in [1.82, 2.24) is 20.0 Å². The van der Waals surface area contributed by atoms with Crippen LogP contribution in [0.1, 0.15) is 59.8 Å². The number of likely N-dealkylation sites (tertiary alicyclic amines) is 1. The van der Waals surface area contributed by atoms with E-state index in [-0.39, 0.29) is 47.1 Å². The molecular formula is C34H36F2N5O7PS. The average Bonchev–Trinajstić information content (AvgIpc) is 3.79. The van der Waals surface area contributed by atoms with Gasteiger partial charge < -0.3 is 34.6 Å². The average molecular weight is 728 g/mol. The first-order valence-corrected chi connectivity index (χ1v) is 18.6. The number of halogens is 2. The summed E-state index contributed by atoms with van der Waals surface area (Å²) >= 11 is 0.939. The highest BCUT2D eigenvalue weighted by atomic mass is 32.1. The molecule has 3 aliphatic rings. The number of thiophene rings is 1. The number of rotatable bonds is 6. The summed E-state index contributed by atoms with van der Waals surface area (Å²) in [6.45, 7) is 11.8. The van der Waals surface area contributed by atoms with Crippen LogP contribution < -0.4 is 5.32 Å². The zero-order chi connectivity index (χ0) is 36.2. The Labute approximate surface area is 291 Å². The summed E-state index contributed by atoms with van der Waals surface area (Å²) in [5.74, 6) is -2.02. The molecule has 2 aromatic carbocycles. The maximum atomic E-state index is 14.4. The summed E-state index contributed by atoms with van der Waals surface area (Å²) in [6.07, 6.45) is 1.34. The van der Waals surface area contributed by atoms with Gasteiger partial charge in [0.25, 0.3) is 11.4 Å². The van der Waals surface area contributed by atoms with Crippen molar-refractivity contribution in [3.63, 3.8) is 0 Å². The van der Waals surface area contributed by atoms with Crippen LogP contribution in [-0.4, -0.2) is 98.0 Å². The van der Waals surface area contributed by atoms with Crippen LogP contribution in [0.5, 0.6) is 0 Å². The number of carbonyl (C=O) groups excluding carboxylic acids is 4. The summed E-state index contributed by atoms with van der Waals surface area (Å²) in [4.78, 5) is 81.6. The fraction of sp³-hybridized carbons (Fsp3) is 0.441. The van der Waals surface area contributed by atoms with Gasteiger partial charge in [-0.15, -0.1) is 11.3 Å². The van der Waals surface area contributed by atoms with E-state index in [1.807, 2.05) is 37.3 Å². The minimum Gasteiger partial charge on any atom is -0.340 e. The molecule has 264 valence electrons. The molecule has 0 unspecified atom stereocenters. The van der Waals surface area contributed by atoms with Crippen LogP contribution in [-0.2, 0) is 24.6 Å². The lowest BCUT2D eigenvalue weighted by Crippen LogP contribution is -2.61. The van der Waals surface area contributed by atoms with Crippen LogP contribution in [0, 0.1) is 6.57 Å². The standard InChI is InChI=1S/C34H36F2N5O7PS/c1-20(42)39-14-13-24-10-11-27(32(45)40-17-25(33(2,19-40)37-3)21-7-5-4-6-8-21)41(24)31(44)26(18-39)38-30(43)29-16-22-15-23(9-12-28(22)50-29)34(35,36)49(46,47)48/h4-9,12,15-16,24-27H,10-11,13-14,17-19H2,1-2H3,(H,38,43)(H2,46,47,48)/t24-,25+,26+,27+,33-/m1/s1. The van der Waals surface area contributed by atoms with Gasteiger partial charge in [0.2, 0.25) is 17.7 Å². The van der Waals surface area contributed by atoms with Crippen molar-refractivity contribution in [3.05, 3.63) is 82.0 Å². The Kier molecular flexibility index (Phi) is 9.37. The Bertz CT molecular complexity index is 1950. The Hall–Kier alpha value is -4.22. The summed E-state index contributed by atoms with van der Waals surface area (Å²) in [6, 6.07) is 11.5. The van der Waals surface area contributed by atoms with E-state index in [0.29, 0.717) is 37.1 Å².